The predicted octanol–water partition coefficient (Wildman–Crippen LogP) is 3.78. The third-order valence-electron chi connectivity index (χ3n) is 2.51. The molecule has 2 aromatic carbocycles. The van der Waals surface area contributed by atoms with Crippen molar-refractivity contribution >= 4 is 27.5 Å². The van der Waals surface area contributed by atoms with E-state index in [2.05, 4.69) is 21.2 Å². The summed E-state index contributed by atoms with van der Waals surface area (Å²) >= 11 is 3.37. The van der Waals surface area contributed by atoms with Gasteiger partial charge in [0, 0.05) is 4.47 Å². The van der Waals surface area contributed by atoms with E-state index in [1.807, 2.05) is 55.5 Å². The number of para-hydroxylation sites is 1. The van der Waals surface area contributed by atoms with Crippen LogP contribution >= 0.6 is 15.9 Å². The number of carbonyl (C=O) groups excluding carboxylic acids is 1. The molecule has 0 atom stereocenters. The van der Waals surface area contributed by atoms with Gasteiger partial charge >= 0.3 is 0 Å². The summed E-state index contributed by atoms with van der Waals surface area (Å²) in [5.74, 6) is 0.510. The van der Waals surface area contributed by atoms with Crippen LogP contribution < -0.4 is 10.1 Å². The Morgan fingerprint density at radius 2 is 2.00 bits per heavy atom. The van der Waals surface area contributed by atoms with Gasteiger partial charge in [0.15, 0.2) is 6.61 Å². The Kier molecular flexibility index (Phi) is 4.58. The van der Waals surface area contributed by atoms with Gasteiger partial charge in [-0.05, 0) is 52.7 Å². The van der Waals surface area contributed by atoms with Crippen molar-refractivity contribution in [1.82, 2.24) is 0 Å². The number of anilines is 1. The highest BCUT2D eigenvalue weighted by Crippen LogP contribution is 2.21. The van der Waals surface area contributed by atoms with E-state index in [4.69, 9.17) is 4.74 Å². The van der Waals surface area contributed by atoms with E-state index in [9.17, 15) is 4.79 Å². The van der Waals surface area contributed by atoms with E-state index < -0.39 is 0 Å². The maximum absolute atomic E-state index is 11.8. The van der Waals surface area contributed by atoms with Gasteiger partial charge in [-0.25, -0.2) is 0 Å². The van der Waals surface area contributed by atoms with Gasteiger partial charge in [0.2, 0.25) is 0 Å². The molecule has 3 nitrogen and oxygen atoms in total. The highest BCUT2D eigenvalue weighted by atomic mass is 79.9. The topological polar surface area (TPSA) is 38.3 Å². The van der Waals surface area contributed by atoms with Crippen LogP contribution in [-0.4, -0.2) is 12.5 Å². The summed E-state index contributed by atoms with van der Waals surface area (Å²) in [5, 5.41) is 2.78. The van der Waals surface area contributed by atoms with Crippen molar-refractivity contribution in [1.29, 1.82) is 0 Å². The Morgan fingerprint density at radius 1 is 1.21 bits per heavy atom. The summed E-state index contributed by atoms with van der Waals surface area (Å²) in [7, 11) is 0. The van der Waals surface area contributed by atoms with Gasteiger partial charge in [0.25, 0.3) is 5.91 Å². The molecular weight excluding hydrogens is 306 g/mol. The Hall–Kier alpha value is -1.81. The number of carbonyl (C=O) groups is 1. The largest absolute Gasteiger partial charge is 0.484 e. The third kappa shape index (κ3) is 4.10. The number of aryl methyl sites for hydroxylation is 1. The van der Waals surface area contributed by atoms with Crippen molar-refractivity contribution in [2.45, 2.75) is 6.92 Å². The van der Waals surface area contributed by atoms with Crippen molar-refractivity contribution in [3.05, 3.63) is 58.6 Å². The number of ether oxygens (including phenoxy) is 1. The van der Waals surface area contributed by atoms with E-state index in [0.717, 1.165) is 15.7 Å². The molecule has 0 aromatic heterocycles. The van der Waals surface area contributed by atoms with Crippen molar-refractivity contribution in [3.8, 4) is 5.75 Å². The van der Waals surface area contributed by atoms with Gasteiger partial charge in [-0.2, -0.15) is 0 Å². The molecule has 0 radical (unpaired) electrons. The maximum Gasteiger partial charge on any atom is 0.262 e. The first kappa shape index (κ1) is 13.6. The first-order valence-corrected chi connectivity index (χ1v) is 6.68. The van der Waals surface area contributed by atoms with Crippen molar-refractivity contribution in [2.24, 2.45) is 0 Å². The Morgan fingerprint density at radius 3 is 2.74 bits per heavy atom. The molecule has 0 aliphatic carbocycles. The van der Waals surface area contributed by atoms with Gasteiger partial charge < -0.3 is 10.1 Å². The zero-order valence-electron chi connectivity index (χ0n) is 10.5. The molecule has 0 saturated carbocycles. The Bertz CT molecular complexity index is 584. The fourth-order valence-electron chi connectivity index (χ4n) is 1.60. The summed E-state index contributed by atoms with van der Waals surface area (Å²) < 4.78 is 6.28. The molecule has 0 heterocycles. The average molecular weight is 320 g/mol. The van der Waals surface area contributed by atoms with Crippen molar-refractivity contribution in [3.63, 3.8) is 0 Å². The minimum absolute atomic E-state index is 0.00914. The van der Waals surface area contributed by atoms with Gasteiger partial charge in [-0.3, -0.25) is 4.79 Å². The summed E-state index contributed by atoms with van der Waals surface area (Å²) in [6, 6.07) is 15.1. The molecule has 98 valence electrons. The zero-order chi connectivity index (χ0) is 13.7. The van der Waals surface area contributed by atoms with Crippen LogP contribution in [0.15, 0.2) is 53.0 Å². The summed E-state index contributed by atoms with van der Waals surface area (Å²) in [5.41, 5.74) is 1.84. The smallest absolute Gasteiger partial charge is 0.262 e. The second kappa shape index (κ2) is 6.38. The van der Waals surface area contributed by atoms with Crippen LogP contribution in [-0.2, 0) is 4.79 Å². The fraction of sp³-hybridized carbons (Fsp3) is 0.133. The summed E-state index contributed by atoms with van der Waals surface area (Å²) in [6.07, 6.45) is 0. The molecule has 2 rings (SSSR count). The number of amides is 1. The van der Waals surface area contributed by atoms with Crippen LogP contribution in [0.1, 0.15) is 5.56 Å². The van der Waals surface area contributed by atoms with Crippen molar-refractivity contribution < 1.29 is 9.53 Å². The number of nitrogens with one attached hydrogen (secondary N) is 1. The first-order valence-electron chi connectivity index (χ1n) is 5.89. The standard InChI is InChI=1S/C15H14BrNO2/c1-11-5-4-6-12(9-11)19-10-15(18)17-14-8-3-2-7-13(14)16/h2-9H,10H2,1H3,(H,17,18). The first-order chi connectivity index (χ1) is 9.15. The van der Waals surface area contributed by atoms with Crippen LogP contribution in [0.3, 0.4) is 0 Å². The van der Waals surface area contributed by atoms with Crippen LogP contribution in [0, 0.1) is 6.92 Å². The molecule has 1 amide bonds. The fourth-order valence-corrected chi connectivity index (χ4v) is 1.99. The summed E-state index contributed by atoms with van der Waals surface area (Å²) in [6.45, 7) is 1.97. The molecular formula is C15H14BrNO2. The van der Waals surface area contributed by atoms with E-state index >= 15 is 0 Å². The minimum atomic E-state index is -0.187. The SMILES string of the molecule is Cc1cccc(OCC(=O)Nc2ccccc2Br)c1. The molecule has 1 N–H and O–H groups in total. The van der Waals surface area contributed by atoms with Gasteiger partial charge in [-0.1, -0.05) is 24.3 Å². The molecule has 0 unspecified atom stereocenters. The Labute approximate surface area is 120 Å². The lowest BCUT2D eigenvalue weighted by molar-refractivity contribution is -0.118. The van der Waals surface area contributed by atoms with Crippen LogP contribution in [0.25, 0.3) is 0 Å². The van der Waals surface area contributed by atoms with E-state index in [-0.39, 0.29) is 12.5 Å². The lowest BCUT2D eigenvalue weighted by Gasteiger charge is -2.09. The normalized spacial score (nSPS) is 10.0. The van der Waals surface area contributed by atoms with Crippen molar-refractivity contribution in [2.75, 3.05) is 11.9 Å². The molecule has 2 aromatic rings. The lowest BCUT2D eigenvalue weighted by atomic mass is 10.2. The van der Waals surface area contributed by atoms with E-state index in [1.54, 1.807) is 0 Å². The molecule has 0 spiro atoms. The molecule has 4 heteroatoms. The number of hydrogen-bond acceptors (Lipinski definition) is 2. The zero-order valence-corrected chi connectivity index (χ0v) is 12.1. The highest BCUT2D eigenvalue weighted by Gasteiger charge is 2.05. The molecule has 0 fully saturated rings. The highest BCUT2D eigenvalue weighted by molar-refractivity contribution is 9.10. The molecule has 0 aliphatic heterocycles. The monoisotopic (exact) mass is 319 g/mol. The number of benzene rings is 2. The average Bonchev–Trinajstić information content (AvgIpc) is 2.39. The minimum Gasteiger partial charge on any atom is -0.484 e. The maximum atomic E-state index is 11.8. The lowest BCUT2D eigenvalue weighted by Crippen LogP contribution is -2.20. The molecule has 0 bridgehead atoms. The third-order valence-corrected chi connectivity index (χ3v) is 3.20. The van der Waals surface area contributed by atoms with Crippen LogP contribution in [0.5, 0.6) is 5.75 Å². The molecule has 19 heavy (non-hydrogen) atoms. The second-order valence-electron chi connectivity index (χ2n) is 4.13. The second-order valence-corrected chi connectivity index (χ2v) is 4.99. The predicted molar refractivity (Wildman–Crippen MR) is 79.4 cm³/mol. The number of rotatable bonds is 4. The van der Waals surface area contributed by atoms with Crippen LogP contribution in [0.2, 0.25) is 0 Å². The number of halogens is 1. The van der Waals surface area contributed by atoms with E-state index in [0.29, 0.717) is 5.75 Å². The summed E-state index contributed by atoms with van der Waals surface area (Å²) in [4.78, 5) is 11.8. The molecule has 0 aliphatic rings. The van der Waals surface area contributed by atoms with Gasteiger partial charge in [-0.15, -0.1) is 0 Å². The Balaban J connectivity index is 1.90. The van der Waals surface area contributed by atoms with Gasteiger partial charge in [0.05, 0.1) is 5.69 Å². The quantitative estimate of drug-likeness (QED) is 0.931. The van der Waals surface area contributed by atoms with Crippen LogP contribution in [0.4, 0.5) is 5.69 Å². The van der Waals surface area contributed by atoms with Gasteiger partial charge in [0.1, 0.15) is 5.75 Å². The molecule has 0 saturated heterocycles. The van der Waals surface area contributed by atoms with E-state index in [1.165, 1.54) is 0 Å². The number of hydrogen-bond donors (Lipinski definition) is 1.